The molecule has 28 heavy (non-hydrogen) atoms. The van der Waals surface area contributed by atoms with E-state index in [1.54, 1.807) is 23.5 Å². The Morgan fingerprint density at radius 3 is 2.93 bits per heavy atom. The van der Waals surface area contributed by atoms with Crippen LogP contribution in [-0.2, 0) is 37.3 Å². The fraction of sp³-hybridized carbons (Fsp3) is 0.350. The highest BCUT2D eigenvalue weighted by Gasteiger charge is 2.19. The molecule has 4 rings (SSSR count). The fourth-order valence-electron chi connectivity index (χ4n) is 3.43. The maximum absolute atomic E-state index is 13.2. The summed E-state index contributed by atoms with van der Waals surface area (Å²) in [5, 5.41) is 15.7. The monoisotopic (exact) mass is 399 g/mol. The van der Waals surface area contributed by atoms with Crippen LogP contribution < -0.4 is 5.32 Å². The van der Waals surface area contributed by atoms with Gasteiger partial charge in [-0.05, 0) is 40.1 Å². The summed E-state index contributed by atoms with van der Waals surface area (Å²) in [5.74, 6) is 1.23. The lowest BCUT2D eigenvalue weighted by atomic mass is 10.1. The van der Waals surface area contributed by atoms with Crippen molar-refractivity contribution in [2.24, 2.45) is 0 Å². The van der Waals surface area contributed by atoms with E-state index in [1.807, 2.05) is 0 Å². The molecule has 2 aromatic heterocycles. The number of benzene rings is 1. The Bertz CT molecular complexity index is 940. The third kappa shape index (κ3) is 4.63. The Labute approximate surface area is 167 Å². The van der Waals surface area contributed by atoms with E-state index < -0.39 is 0 Å². The minimum Gasteiger partial charge on any atom is -0.349 e. The van der Waals surface area contributed by atoms with Crippen LogP contribution in [-0.4, -0.2) is 38.7 Å². The lowest BCUT2D eigenvalue weighted by Gasteiger charge is -2.18. The number of nitrogens with one attached hydrogen (secondary N) is 1. The van der Waals surface area contributed by atoms with Crippen molar-refractivity contribution < 1.29 is 9.18 Å². The number of amides is 1. The minimum absolute atomic E-state index is 0.146. The molecule has 0 saturated carbocycles. The number of rotatable bonds is 6. The molecule has 8 heteroatoms. The lowest BCUT2D eigenvalue weighted by Crippen LogP contribution is -2.28. The molecule has 0 radical (unpaired) electrons. The molecule has 6 nitrogen and oxygen atoms in total. The van der Waals surface area contributed by atoms with E-state index in [4.69, 9.17) is 0 Å². The number of carbonyl (C=O) groups excluding carboxylic acids is 1. The molecule has 3 heterocycles. The molecule has 1 amide bonds. The number of fused-ring (bicyclic) bond motifs is 1. The minimum atomic E-state index is -0.333. The summed E-state index contributed by atoms with van der Waals surface area (Å²) in [5.41, 5.74) is 1.99. The van der Waals surface area contributed by atoms with Gasteiger partial charge in [0.1, 0.15) is 11.6 Å². The van der Waals surface area contributed by atoms with Crippen molar-refractivity contribution in [2.45, 2.75) is 32.5 Å². The highest BCUT2D eigenvalue weighted by Crippen LogP contribution is 2.14. The number of nitrogens with zero attached hydrogens (tertiary/aromatic N) is 4. The van der Waals surface area contributed by atoms with Crippen LogP contribution in [0.5, 0.6) is 0 Å². The van der Waals surface area contributed by atoms with Crippen molar-refractivity contribution in [1.29, 1.82) is 0 Å². The molecule has 0 atom stereocenters. The molecule has 1 aliphatic rings. The van der Waals surface area contributed by atoms with E-state index in [2.05, 4.69) is 41.8 Å². The van der Waals surface area contributed by atoms with Crippen LogP contribution in [0.4, 0.5) is 4.39 Å². The van der Waals surface area contributed by atoms with Crippen molar-refractivity contribution >= 4 is 17.2 Å². The summed E-state index contributed by atoms with van der Waals surface area (Å²) in [7, 11) is 0. The maximum Gasteiger partial charge on any atom is 0.224 e. The van der Waals surface area contributed by atoms with Crippen LogP contribution >= 0.6 is 11.3 Å². The number of hydrogen-bond acceptors (Lipinski definition) is 5. The molecule has 1 aromatic carbocycles. The highest BCUT2D eigenvalue weighted by molar-refractivity contribution is 7.07. The predicted octanol–water partition coefficient (Wildman–Crippen LogP) is 2.40. The maximum atomic E-state index is 13.2. The van der Waals surface area contributed by atoms with Gasteiger partial charge >= 0.3 is 0 Å². The smallest absolute Gasteiger partial charge is 0.224 e. The summed E-state index contributed by atoms with van der Waals surface area (Å²) in [6, 6.07) is 8.26. The first-order valence-corrected chi connectivity index (χ1v) is 10.3. The Balaban J connectivity index is 1.32. The first kappa shape index (κ1) is 18.8. The Morgan fingerprint density at radius 1 is 1.18 bits per heavy atom. The van der Waals surface area contributed by atoms with E-state index in [-0.39, 0.29) is 18.1 Å². The molecule has 0 fully saturated rings. The fourth-order valence-corrected chi connectivity index (χ4v) is 4.09. The standard InChI is InChI=1S/C20H22FN5OS/c21-17-3-1-2-15(10-17)11-20(27)22-12-19-24-23-18-4-6-25(7-8-26(18)19)13-16-5-9-28-14-16/h1-3,5,9-10,14H,4,6-8,11-13H2,(H,22,27). The molecule has 3 aromatic rings. The second-order valence-corrected chi connectivity index (χ2v) is 7.71. The first-order valence-electron chi connectivity index (χ1n) is 9.33. The van der Waals surface area contributed by atoms with Crippen LogP contribution in [0.2, 0.25) is 0 Å². The second-order valence-electron chi connectivity index (χ2n) is 6.93. The van der Waals surface area contributed by atoms with Crippen molar-refractivity contribution in [3.63, 3.8) is 0 Å². The summed E-state index contributed by atoms with van der Waals surface area (Å²) in [6.45, 7) is 3.94. The van der Waals surface area contributed by atoms with Crippen molar-refractivity contribution in [3.8, 4) is 0 Å². The molecule has 0 saturated heterocycles. The molecule has 0 unspecified atom stereocenters. The van der Waals surface area contributed by atoms with Gasteiger partial charge in [-0.25, -0.2) is 4.39 Å². The quantitative estimate of drug-likeness (QED) is 0.691. The average molecular weight is 399 g/mol. The molecule has 1 aliphatic heterocycles. The number of halogens is 1. The number of aromatic nitrogens is 3. The molecule has 0 aliphatic carbocycles. The molecular formula is C20H22FN5OS. The molecule has 0 bridgehead atoms. The SMILES string of the molecule is O=C(Cc1cccc(F)c1)NCc1nnc2n1CCN(Cc1ccsc1)CC2. The number of thiophene rings is 1. The molecule has 0 spiro atoms. The van der Waals surface area contributed by atoms with Gasteiger partial charge in [0.15, 0.2) is 5.82 Å². The number of hydrogen-bond donors (Lipinski definition) is 1. The van der Waals surface area contributed by atoms with Crippen molar-refractivity contribution in [2.75, 3.05) is 13.1 Å². The zero-order chi connectivity index (χ0) is 19.3. The van der Waals surface area contributed by atoms with Crippen molar-refractivity contribution in [1.82, 2.24) is 25.0 Å². The van der Waals surface area contributed by atoms with Crippen LogP contribution in [0, 0.1) is 5.82 Å². The van der Waals surface area contributed by atoms with E-state index in [1.165, 1.54) is 17.7 Å². The van der Waals surface area contributed by atoms with E-state index in [0.29, 0.717) is 12.1 Å². The van der Waals surface area contributed by atoms with Crippen LogP contribution in [0.1, 0.15) is 22.8 Å². The van der Waals surface area contributed by atoms with Gasteiger partial charge in [0.25, 0.3) is 0 Å². The predicted molar refractivity (Wildman–Crippen MR) is 105 cm³/mol. The first-order chi connectivity index (χ1) is 13.7. The van der Waals surface area contributed by atoms with Gasteiger partial charge in [0, 0.05) is 32.6 Å². The molecule has 146 valence electrons. The van der Waals surface area contributed by atoms with Gasteiger partial charge in [0.05, 0.1) is 13.0 Å². The Hall–Kier alpha value is -2.58. The average Bonchev–Trinajstić information content (AvgIpc) is 3.27. The van der Waals surface area contributed by atoms with Gasteiger partial charge < -0.3 is 9.88 Å². The summed E-state index contributed by atoms with van der Waals surface area (Å²) in [4.78, 5) is 14.6. The van der Waals surface area contributed by atoms with E-state index >= 15 is 0 Å². The largest absolute Gasteiger partial charge is 0.349 e. The highest BCUT2D eigenvalue weighted by atomic mass is 32.1. The lowest BCUT2D eigenvalue weighted by molar-refractivity contribution is -0.120. The zero-order valence-electron chi connectivity index (χ0n) is 15.5. The van der Waals surface area contributed by atoms with Gasteiger partial charge in [-0.2, -0.15) is 11.3 Å². The van der Waals surface area contributed by atoms with Gasteiger partial charge in [-0.15, -0.1) is 10.2 Å². The van der Waals surface area contributed by atoms with Gasteiger partial charge in [-0.3, -0.25) is 9.69 Å². The summed E-state index contributed by atoms with van der Waals surface area (Å²) >= 11 is 1.72. The summed E-state index contributed by atoms with van der Waals surface area (Å²) in [6.07, 6.45) is 0.988. The van der Waals surface area contributed by atoms with Crippen LogP contribution in [0.3, 0.4) is 0 Å². The van der Waals surface area contributed by atoms with Gasteiger partial charge in [0.2, 0.25) is 5.91 Å². The van der Waals surface area contributed by atoms with Crippen LogP contribution in [0.25, 0.3) is 0 Å². The molecule has 1 N–H and O–H groups in total. The Morgan fingerprint density at radius 2 is 2.11 bits per heavy atom. The van der Waals surface area contributed by atoms with Crippen molar-refractivity contribution in [3.05, 3.63) is 69.7 Å². The second kappa shape index (κ2) is 8.62. The van der Waals surface area contributed by atoms with Gasteiger partial charge in [-0.1, -0.05) is 12.1 Å². The number of carbonyl (C=O) groups is 1. The topological polar surface area (TPSA) is 63.1 Å². The van der Waals surface area contributed by atoms with Crippen LogP contribution in [0.15, 0.2) is 41.1 Å². The Kier molecular flexibility index (Phi) is 5.78. The van der Waals surface area contributed by atoms with E-state index in [9.17, 15) is 9.18 Å². The normalized spacial score (nSPS) is 14.5. The third-order valence-corrected chi connectivity index (χ3v) is 5.61. The summed E-state index contributed by atoms with van der Waals surface area (Å²) < 4.78 is 15.4. The third-order valence-electron chi connectivity index (χ3n) is 4.88. The molecular weight excluding hydrogens is 377 g/mol. The van der Waals surface area contributed by atoms with E-state index in [0.717, 1.165) is 44.2 Å². The zero-order valence-corrected chi connectivity index (χ0v) is 16.3.